The average Bonchev–Trinajstić information content (AvgIpc) is 2.38. The number of esters is 1. The summed E-state index contributed by atoms with van der Waals surface area (Å²) in [5.74, 6) is 2.07. The number of hydrogen-bond acceptors (Lipinski definition) is 4. The van der Waals surface area contributed by atoms with Crippen LogP contribution in [0.15, 0.2) is 23.1 Å². The lowest BCUT2D eigenvalue weighted by Crippen LogP contribution is -2.14. The highest BCUT2D eigenvalue weighted by molar-refractivity contribution is 7.99. The van der Waals surface area contributed by atoms with Crippen LogP contribution in [0.4, 0.5) is 0 Å². The van der Waals surface area contributed by atoms with Gasteiger partial charge in [0, 0.05) is 10.8 Å². The van der Waals surface area contributed by atoms with Gasteiger partial charge in [-0.15, -0.1) is 23.4 Å². The fourth-order valence-electron chi connectivity index (χ4n) is 1.46. The standard InChI is InChI=1S/C14H19ClO3S/c1-3-17-14(16)10-18-13-6-5-12(9-11(13)2)19-8-4-7-15/h5-6,9H,3-4,7-8,10H2,1-2H3. The molecular weight excluding hydrogens is 284 g/mol. The summed E-state index contributed by atoms with van der Waals surface area (Å²) in [5.41, 5.74) is 1.01. The molecule has 0 aliphatic heterocycles. The number of alkyl halides is 1. The fraction of sp³-hybridized carbons (Fsp3) is 0.500. The number of carbonyl (C=O) groups is 1. The van der Waals surface area contributed by atoms with Gasteiger partial charge in [0.2, 0.25) is 0 Å². The first-order valence-electron chi connectivity index (χ1n) is 6.25. The van der Waals surface area contributed by atoms with Gasteiger partial charge >= 0.3 is 5.97 Å². The minimum atomic E-state index is -0.345. The summed E-state index contributed by atoms with van der Waals surface area (Å²) in [6, 6.07) is 5.93. The molecule has 0 radical (unpaired) electrons. The third-order valence-electron chi connectivity index (χ3n) is 2.34. The van der Waals surface area contributed by atoms with Crippen molar-refractivity contribution in [2.24, 2.45) is 0 Å². The maximum atomic E-state index is 11.2. The lowest BCUT2D eigenvalue weighted by Gasteiger charge is -2.10. The van der Waals surface area contributed by atoms with E-state index in [9.17, 15) is 4.79 Å². The molecular formula is C14H19ClO3S. The molecule has 0 atom stereocenters. The number of carbonyl (C=O) groups excluding carboxylic acids is 1. The van der Waals surface area contributed by atoms with Crippen LogP contribution in [0.25, 0.3) is 0 Å². The van der Waals surface area contributed by atoms with Gasteiger partial charge in [-0.25, -0.2) is 4.79 Å². The molecule has 3 nitrogen and oxygen atoms in total. The average molecular weight is 303 g/mol. The molecule has 0 unspecified atom stereocenters. The van der Waals surface area contributed by atoms with E-state index in [0.717, 1.165) is 23.5 Å². The molecule has 0 N–H and O–H groups in total. The van der Waals surface area contributed by atoms with E-state index in [1.54, 1.807) is 18.7 Å². The van der Waals surface area contributed by atoms with Gasteiger partial charge in [0.25, 0.3) is 0 Å². The van der Waals surface area contributed by atoms with Crippen molar-refractivity contribution >= 4 is 29.3 Å². The maximum Gasteiger partial charge on any atom is 0.344 e. The van der Waals surface area contributed by atoms with Crippen molar-refractivity contribution in [3.05, 3.63) is 23.8 Å². The van der Waals surface area contributed by atoms with E-state index in [4.69, 9.17) is 21.1 Å². The van der Waals surface area contributed by atoms with Crippen molar-refractivity contribution in [2.75, 3.05) is 24.8 Å². The minimum absolute atomic E-state index is 0.0482. The van der Waals surface area contributed by atoms with Crippen molar-refractivity contribution in [1.82, 2.24) is 0 Å². The number of ether oxygens (including phenoxy) is 2. The summed E-state index contributed by atoms with van der Waals surface area (Å²) in [5, 5.41) is 0. The largest absolute Gasteiger partial charge is 0.482 e. The van der Waals surface area contributed by atoms with E-state index >= 15 is 0 Å². The van der Waals surface area contributed by atoms with Crippen molar-refractivity contribution in [3.8, 4) is 5.75 Å². The third kappa shape index (κ3) is 6.21. The van der Waals surface area contributed by atoms with Crippen LogP contribution in [-0.4, -0.2) is 30.8 Å². The Bertz CT molecular complexity index is 410. The van der Waals surface area contributed by atoms with Crippen LogP contribution in [-0.2, 0) is 9.53 Å². The van der Waals surface area contributed by atoms with Crippen molar-refractivity contribution in [2.45, 2.75) is 25.2 Å². The molecule has 1 rings (SSSR count). The zero-order valence-electron chi connectivity index (χ0n) is 11.3. The first kappa shape index (κ1) is 16.2. The number of halogens is 1. The number of rotatable bonds is 8. The van der Waals surface area contributed by atoms with Crippen molar-refractivity contribution < 1.29 is 14.3 Å². The van der Waals surface area contributed by atoms with Crippen LogP contribution in [0, 0.1) is 6.92 Å². The topological polar surface area (TPSA) is 35.5 Å². The normalized spacial score (nSPS) is 10.3. The third-order valence-corrected chi connectivity index (χ3v) is 3.69. The molecule has 5 heteroatoms. The summed E-state index contributed by atoms with van der Waals surface area (Å²) >= 11 is 7.41. The monoisotopic (exact) mass is 302 g/mol. The van der Waals surface area contributed by atoms with Crippen LogP contribution in [0.1, 0.15) is 18.9 Å². The van der Waals surface area contributed by atoms with Gasteiger partial charge in [-0.1, -0.05) is 0 Å². The number of aryl methyl sites for hydroxylation is 1. The SMILES string of the molecule is CCOC(=O)COc1ccc(SCCCCl)cc1C. The Kier molecular flexibility index (Phi) is 7.75. The van der Waals surface area contributed by atoms with Crippen LogP contribution in [0.3, 0.4) is 0 Å². The lowest BCUT2D eigenvalue weighted by molar-refractivity contribution is -0.145. The predicted molar refractivity (Wildman–Crippen MR) is 79.4 cm³/mol. The van der Waals surface area contributed by atoms with Gasteiger partial charge in [-0.2, -0.15) is 0 Å². The molecule has 0 fully saturated rings. The summed E-state index contributed by atoms with van der Waals surface area (Å²) < 4.78 is 10.2. The second-order valence-corrected chi connectivity index (χ2v) is 5.46. The van der Waals surface area contributed by atoms with Crippen molar-refractivity contribution in [1.29, 1.82) is 0 Å². The summed E-state index contributed by atoms with van der Waals surface area (Å²) in [7, 11) is 0. The molecule has 106 valence electrons. The van der Waals surface area contributed by atoms with E-state index in [-0.39, 0.29) is 12.6 Å². The molecule has 1 aromatic carbocycles. The van der Waals surface area contributed by atoms with Gasteiger partial charge in [0.05, 0.1) is 6.61 Å². The number of benzene rings is 1. The summed E-state index contributed by atoms with van der Waals surface area (Å²) in [4.78, 5) is 12.4. The second-order valence-electron chi connectivity index (χ2n) is 3.91. The van der Waals surface area contributed by atoms with Crippen LogP contribution in [0.2, 0.25) is 0 Å². The molecule has 0 aromatic heterocycles. The van der Waals surface area contributed by atoms with Gasteiger partial charge in [0.1, 0.15) is 5.75 Å². The minimum Gasteiger partial charge on any atom is -0.482 e. The first-order valence-corrected chi connectivity index (χ1v) is 7.77. The maximum absolute atomic E-state index is 11.2. The number of hydrogen-bond donors (Lipinski definition) is 0. The molecule has 1 aromatic rings. The lowest BCUT2D eigenvalue weighted by atomic mass is 10.2. The zero-order chi connectivity index (χ0) is 14.1. The van der Waals surface area contributed by atoms with Gasteiger partial charge in [-0.3, -0.25) is 0 Å². The Morgan fingerprint density at radius 2 is 2.21 bits per heavy atom. The highest BCUT2D eigenvalue weighted by Crippen LogP contribution is 2.26. The molecule has 0 aliphatic rings. The Balaban J connectivity index is 2.49. The van der Waals surface area contributed by atoms with E-state index in [1.807, 2.05) is 19.1 Å². The molecule has 0 spiro atoms. The van der Waals surface area contributed by atoms with E-state index < -0.39 is 0 Å². The molecule has 0 aliphatic carbocycles. The number of thioether (sulfide) groups is 1. The molecule has 19 heavy (non-hydrogen) atoms. The predicted octanol–water partition coefficient (Wildman–Crippen LogP) is 3.66. The van der Waals surface area contributed by atoms with Crippen LogP contribution >= 0.6 is 23.4 Å². The van der Waals surface area contributed by atoms with E-state index in [1.165, 1.54) is 4.90 Å². The Labute approximate surface area is 123 Å². The smallest absolute Gasteiger partial charge is 0.344 e. The zero-order valence-corrected chi connectivity index (χ0v) is 12.9. The highest BCUT2D eigenvalue weighted by atomic mass is 35.5. The van der Waals surface area contributed by atoms with Crippen LogP contribution < -0.4 is 4.74 Å². The Hall–Kier alpha value is -0.870. The summed E-state index contributed by atoms with van der Waals surface area (Å²) in [6.45, 7) is 4.06. The van der Waals surface area contributed by atoms with Crippen LogP contribution in [0.5, 0.6) is 5.75 Å². The molecule has 0 bridgehead atoms. The van der Waals surface area contributed by atoms with Crippen molar-refractivity contribution in [3.63, 3.8) is 0 Å². The Morgan fingerprint density at radius 1 is 1.42 bits per heavy atom. The van der Waals surface area contributed by atoms with E-state index in [2.05, 4.69) is 6.07 Å². The van der Waals surface area contributed by atoms with E-state index in [0.29, 0.717) is 12.5 Å². The summed E-state index contributed by atoms with van der Waals surface area (Å²) in [6.07, 6.45) is 0.992. The molecule has 0 heterocycles. The molecule has 0 saturated heterocycles. The molecule has 0 saturated carbocycles. The quantitative estimate of drug-likeness (QED) is 0.318. The van der Waals surface area contributed by atoms with Gasteiger partial charge < -0.3 is 9.47 Å². The first-order chi connectivity index (χ1) is 9.17. The molecule has 0 amide bonds. The van der Waals surface area contributed by atoms with Gasteiger partial charge in [0.15, 0.2) is 6.61 Å². The van der Waals surface area contributed by atoms with Gasteiger partial charge in [-0.05, 0) is 49.8 Å². The highest BCUT2D eigenvalue weighted by Gasteiger charge is 2.06. The Morgan fingerprint density at radius 3 is 2.84 bits per heavy atom. The fourth-order valence-corrected chi connectivity index (χ4v) is 2.70. The second kappa shape index (κ2) is 9.10.